The van der Waals surface area contributed by atoms with E-state index in [0.29, 0.717) is 0 Å². The number of hydrogen-bond donors (Lipinski definition) is 0. The summed E-state index contributed by atoms with van der Waals surface area (Å²) < 4.78 is 0. The monoisotopic (exact) mass is 139 g/mol. The van der Waals surface area contributed by atoms with Gasteiger partial charge in [0.25, 0.3) is 0 Å². The summed E-state index contributed by atoms with van der Waals surface area (Å²) in [6, 6.07) is 4.11. The molecule has 0 spiro atoms. The third-order valence-corrected chi connectivity index (χ3v) is 2.19. The molecule has 0 radical (unpaired) electrons. The van der Waals surface area contributed by atoms with Crippen LogP contribution in [0, 0.1) is 0 Å². The van der Waals surface area contributed by atoms with Gasteiger partial charge in [0.2, 0.25) is 0 Å². The molecule has 0 unspecified atom stereocenters. The SMILES string of the molecule is CN=C(C)c1cccs1. The quantitative estimate of drug-likeness (QED) is 0.529. The summed E-state index contributed by atoms with van der Waals surface area (Å²) in [5, 5.41) is 2.06. The van der Waals surface area contributed by atoms with E-state index in [1.165, 1.54) is 4.88 Å². The molecule has 0 N–H and O–H groups in total. The fourth-order valence-corrected chi connectivity index (χ4v) is 1.32. The maximum Gasteiger partial charge on any atom is 0.0485 e. The molecule has 0 aromatic carbocycles. The van der Waals surface area contributed by atoms with Gasteiger partial charge in [-0.3, -0.25) is 4.99 Å². The third kappa shape index (κ3) is 1.39. The first-order chi connectivity index (χ1) is 4.34. The summed E-state index contributed by atoms with van der Waals surface area (Å²) >= 11 is 1.72. The second kappa shape index (κ2) is 2.78. The molecular weight excluding hydrogens is 130 g/mol. The van der Waals surface area contributed by atoms with Crippen LogP contribution >= 0.6 is 11.3 Å². The molecule has 1 heterocycles. The Labute approximate surface area is 59.1 Å². The summed E-state index contributed by atoms with van der Waals surface area (Å²) in [6.45, 7) is 2.02. The average molecular weight is 139 g/mol. The van der Waals surface area contributed by atoms with E-state index in [9.17, 15) is 0 Å². The topological polar surface area (TPSA) is 12.4 Å². The van der Waals surface area contributed by atoms with Crippen molar-refractivity contribution in [3.8, 4) is 0 Å². The van der Waals surface area contributed by atoms with Gasteiger partial charge >= 0.3 is 0 Å². The molecule has 9 heavy (non-hydrogen) atoms. The Morgan fingerprint density at radius 2 is 2.44 bits per heavy atom. The van der Waals surface area contributed by atoms with Crippen molar-refractivity contribution in [2.24, 2.45) is 4.99 Å². The molecule has 0 aliphatic carbocycles. The van der Waals surface area contributed by atoms with E-state index in [2.05, 4.69) is 16.4 Å². The Morgan fingerprint density at radius 1 is 1.67 bits per heavy atom. The van der Waals surface area contributed by atoms with Crippen molar-refractivity contribution in [1.82, 2.24) is 0 Å². The van der Waals surface area contributed by atoms with Gasteiger partial charge in [-0.1, -0.05) is 6.07 Å². The molecule has 2 heteroatoms. The third-order valence-electron chi connectivity index (χ3n) is 1.21. The van der Waals surface area contributed by atoms with Crippen molar-refractivity contribution in [2.45, 2.75) is 6.92 Å². The van der Waals surface area contributed by atoms with Crippen LogP contribution in [0.25, 0.3) is 0 Å². The fourth-order valence-electron chi connectivity index (χ4n) is 0.595. The van der Waals surface area contributed by atoms with Crippen molar-refractivity contribution in [2.75, 3.05) is 7.05 Å². The lowest BCUT2D eigenvalue weighted by atomic mass is 10.3. The molecule has 0 fully saturated rings. The molecule has 48 valence electrons. The highest BCUT2D eigenvalue weighted by Crippen LogP contribution is 2.08. The molecular formula is C7H9NS. The molecule has 0 saturated heterocycles. The highest BCUT2D eigenvalue weighted by atomic mass is 32.1. The van der Waals surface area contributed by atoms with Crippen LogP contribution in [0.1, 0.15) is 11.8 Å². The van der Waals surface area contributed by atoms with Crippen LogP contribution in [0.5, 0.6) is 0 Å². The van der Waals surface area contributed by atoms with Crippen molar-refractivity contribution in [1.29, 1.82) is 0 Å². The number of rotatable bonds is 1. The van der Waals surface area contributed by atoms with Crippen molar-refractivity contribution in [3.63, 3.8) is 0 Å². The first-order valence-corrected chi connectivity index (χ1v) is 3.70. The molecule has 1 rings (SSSR count). The van der Waals surface area contributed by atoms with Gasteiger partial charge in [-0.05, 0) is 18.4 Å². The largest absolute Gasteiger partial charge is 0.292 e. The minimum Gasteiger partial charge on any atom is -0.292 e. The van der Waals surface area contributed by atoms with E-state index in [0.717, 1.165) is 5.71 Å². The Bertz CT molecular complexity index is 199. The first kappa shape index (κ1) is 6.49. The average Bonchev–Trinajstić information content (AvgIpc) is 2.37. The van der Waals surface area contributed by atoms with E-state index < -0.39 is 0 Å². The van der Waals surface area contributed by atoms with Crippen molar-refractivity contribution >= 4 is 17.0 Å². The number of thiophene rings is 1. The van der Waals surface area contributed by atoms with E-state index in [1.807, 2.05) is 20.0 Å². The van der Waals surface area contributed by atoms with Gasteiger partial charge in [0.1, 0.15) is 0 Å². The lowest BCUT2D eigenvalue weighted by Gasteiger charge is -1.89. The second-order valence-electron chi connectivity index (χ2n) is 1.79. The highest BCUT2D eigenvalue weighted by Gasteiger charge is 1.93. The van der Waals surface area contributed by atoms with Gasteiger partial charge in [-0.15, -0.1) is 11.3 Å². The zero-order valence-corrected chi connectivity index (χ0v) is 6.40. The fraction of sp³-hybridized carbons (Fsp3) is 0.286. The molecule has 0 atom stereocenters. The maximum atomic E-state index is 4.06. The molecule has 0 saturated carbocycles. The van der Waals surface area contributed by atoms with Crippen LogP contribution in [0.2, 0.25) is 0 Å². The molecule has 0 bridgehead atoms. The van der Waals surface area contributed by atoms with Crippen LogP contribution in [0.3, 0.4) is 0 Å². The van der Waals surface area contributed by atoms with Crippen molar-refractivity contribution in [3.05, 3.63) is 22.4 Å². The molecule has 1 aromatic heterocycles. The van der Waals surface area contributed by atoms with Gasteiger partial charge in [-0.25, -0.2) is 0 Å². The minimum atomic E-state index is 1.12. The zero-order valence-electron chi connectivity index (χ0n) is 5.59. The maximum absolute atomic E-state index is 4.06. The van der Waals surface area contributed by atoms with Gasteiger partial charge in [0.15, 0.2) is 0 Å². The zero-order chi connectivity index (χ0) is 6.69. The van der Waals surface area contributed by atoms with E-state index >= 15 is 0 Å². The Balaban J connectivity index is 2.90. The normalized spacial score (nSPS) is 12.0. The summed E-state index contributed by atoms with van der Waals surface area (Å²) in [4.78, 5) is 5.32. The van der Waals surface area contributed by atoms with Crippen LogP contribution < -0.4 is 0 Å². The number of nitrogens with zero attached hydrogens (tertiary/aromatic N) is 1. The Hall–Kier alpha value is -0.630. The van der Waals surface area contributed by atoms with Crippen LogP contribution in [-0.4, -0.2) is 12.8 Å². The van der Waals surface area contributed by atoms with Gasteiger partial charge in [0, 0.05) is 17.6 Å². The van der Waals surface area contributed by atoms with Crippen LogP contribution in [-0.2, 0) is 0 Å². The van der Waals surface area contributed by atoms with Crippen LogP contribution in [0.4, 0.5) is 0 Å². The molecule has 0 aliphatic heterocycles. The molecule has 1 nitrogen and oxygen atoms in total. The molecule has 0 amide bonds. The Morgan fingerprint density at radius 3 is 2.89 bits per heavy atom. The lowest BCUT2D eigenvalue weighted by Crippen LogP contribution is -1.87. The summed E-state index contributed by atoms with van der Waals surface area (Å²) in [5.41, 5.74) is 1.12. The minimum absolute atomic E-state index is 1.12. The van der Waals surface area contributed by atoms with Crippen molar-refractivity contribution < 1.29 is 0 Å². The molecule has 1 aromatic rings. The van der Waals surface area contributed by atoms with E-state index in [4.69, 9.17) is 0 Å². The smallest absolute Gasteiger partial charge is 0.0485 e. The van der Waals surface area contributed by atoms with Crippen LogP contribution in [0.15, 0.2) is 22.5 Å². The molecule has 0 aliphatic rings. The first-order valence-electron chi connectivity index (χ1n) is 2.82. The number of aliphatic imine (C=N–C) groups is 1. The second-order valence-corrected chi connectivity index (χ2v) is 2.73. The number of hydrogen-bond acceptors (Lipinski definition) is 2. The van der Waals surface area contributed by atoms with E-state index in [1.54, 1.807) is 11.3 Å². The summed E-state index contributed by atoms with van der Waals surface area (Å²) in [7, 11) is 1.81. The van der Waals surface area contributed by atoms with Gasteiger partial charge in [-0.2, -0.15) is 0 Å². The Kier molecular flexibility index (Phi) is 2.01. The summed E-state index contributed by atoms with van der Waals surface area (Å²) in [6.07, 6.45) is 0. The highest BCUT2D eigenvalue weighted by molar-refractivity contribution is 7.12. The lowest BCUT2D eigenvalue weighted by molar-refractivity contribution is 1.43. The summed E-state index contributed by atoms with van der Waals surface area (Å²) in [5.74, 6) is 0. The standard InChI is InChI=1S/C7H9NS/c1-6(8-2)7-4-3-5-9-7/h3-5H,1-2H3. The van der Waals surface area contributed by atoms with Gasteiger partial charge < -0.3 is 0 Å². The van der Waals surface area contributed by atoms with Gasteiger partial charge in [0.05, 0.1) is 0 Å². The predicted octanol–water partition coefficient (Wildman–Crippen LogP) is 2.19. The van der Waals surface area contributed by atoms with E-state index in [-0.39, 0.29) is 0 Å². The predicted molar refractivity (Wildman–Crippen MR) is 42.5 cm³/mol.